The van der Waals surface area contributed by atoms with Crippen molar-refractivity contribution in [2.75, 3.05) is 6.54 Å². The van der Waals surface area contributed by atoms with Crippen LogP contribution >= 0.6 is 0 Å². The lowest BCUT2D eigenvalue weighted by Crippen LogP contribution is -2.24. The first-order chi connectivity index (χ1) is 13.8. The van der Waals surface area contributed by atoms with Gasteiger partial charge in [0.05, 0.1) is 4.90 Å². The van der Waals surface area contributed by atoms with Crippen LogP contribution in [0.25, 0.3) is 0 Å². The Morgan fingerprint density at radius 2 is 1.55 bits per heavy atom. The molecule has 0 aliphatic carbocycles. The van der Waals surface area contributed by atoms with Crippen LogP contribution < -0.4 is 10.1 Å². The summed E-state index contributed by atoms with van der Waals surface area (Å²) in [7, 11) is -4.70. The molecule has 0 unspecified atom stereocenters. The van der Waals surface area contributed by atoms with Gasteiger partial charge < -0.3 is 14.6 Å². The molecule has 0 aliphatic heterocycles. The number of carbonyl (C=O) groups is 2. The standard InChI is InChI=1S/C21H33NO6S/c1-2-3-4-5-6-8-15-20(23)22-17-12-7-9-16-21(24)28-18-13-10-11-14-19(18)29(25,26)27/h10-11,13-14H,2-9,12,15-17H2,1H3,(H,22,23)(H,25,26,27)/p-1. The van der Waals surface area contributed by atoms with Crippen LogP contribution in [0.15, 0.2) is 29.2 Å². The van der Waals surface area contributed by atoms with E-state index in [1.807, 2.05) is 0 Å². The van der Waals surface area contributed by atoms with Crippen molar-refractivity contribution in [3.63, 3.8) is 0 Å². The highest BCUT2D eigenvalue weighted by atomic mass is 32.2. The van der Waals surface area contributed by atoms with Crippen LogP contribution in [-0.2, 0) is 19.7 Å². The lowest BCUT2D eigenvalue weighted by Gasteiger charge is -2.12. The molecule has 8 heteroatoms. The van der Waals surface area contributed by atoms with Crippen molar-refractivity contribution in [3.8, 4) is 5.75 Å². The molecule has 0 heterocycles. The van der Waals surface area contributed by atoms with Gasteiger partial charge >= 0.3 is 5.97 Å². The summed E-state index contributed by atoms with van der Waals surface area (Å²) < 4.78 is 38.5. The number of benzene rings is 1. The molecule has 164 valence electrons. The monoisotopic (exact) mass is 426 g/mol. The second kappa shape index (κ2) is 14.1. The Balaban J connectivity index is 2.12. The van der Waals surface area contributed by atoms with Gasteiger partial charge in [-0.25, -0.2) is 8.42 Å². The van der Waals surface area contributed by atoms with Crippen molar-refractivity contribution in [1.29, 1.82) is 0 Å². The summed E-state index contributed by atoms with van der Waals surface area (Å²) in [5.74, 6) is -0.766. The van der Waals surface area contributed by atoms with E-state index in [4.69, 9.17) is 4.74 Å². The van der Waals surface area contributed by atoms with Crippen LogP contribution in [-0.4, -0.2) is 31.4 Å². The molecule has 0 saturated heterocycles. The number of amides is 1. The zero-order chi connectivity index (χ0) is 21.5. The molecular formula is C21H32NO6S-. The second-order valence-electron chi connectivity index (χ2n) is 7.05. The molecule has 0 bridgehead atoms. The third kappa shape index (κ3) is 11.6. The molecule has 1 rings (SSSR count). The van der Waals surface area contributed by atoms with Crippen molar-refractivity contribution < 1.29 is 27.3 Å². The van der Waals surface area contributed by atoms with Crippen LogP contribution in [0, 0.1) is 0 Å². The first-order valence-electron chi connectivity index (χ1n) is 10.4. The Morgan fingerprint density at radius 3 is 2.28 bits per heavy atom. The molecule has 1 amide bonds. The Hall–Kier alpha value is -1.93. The van der Waals surface area contributed by atoms with Crippen molar-refractivity contribution in [3.05, 3.63) is 24.3 Å². The van der Waals surface area contributed by atoms with Gasteiger partial charge in [-0.3, -0.25) is 9.59 Å². The predicted molar refractivity (Wildman–Crippen MR) is 110 cm³/mol. The Bertz CT molecular complexity index is 732. The SMILES string of the molecule is CCCCCCCCC(=O)NCCCCCC(=O)Oc1ccccc1S(=O)(=O)[O-]. The van der Waals surface area contributed by atoms with E-state index in [1.165, 1.54) is 43.9 Å². The van der Waals surface area contributed by atoms with E-state index in [2.05, 4.69) is 12.2 Å². The van der Waals surface area contributed by atoms with Crippen molar-refractivity contribution in [2.45, 2.75) is 82.4 Å². The normalized spacial score (nSPS) is 11.2. The molecule has 0 spiro atoms. The summed E-state index contributed by atoms with van der Waals surface area (Å²) in [5, 5.41) is 2.88. The number of nitrogens with one attached hydrogen (secondary N) is 1. The van der Waals surface area contributed by atoms with E-state index >= 15 is 0 Å². The summed E-state index contributed by atoms with van der Waals surface area (Å²) in [6.07, 6.45) is 9.60. The van der Waals surface area contributed by atoms with Crippen molar-refractivity contribution >= 4 is 22.0 Å². The van der Waals surface area contributed by atoms with Crippen molar-refractivity contribution in [1.82, 2.24) is 5.32 Å². The minimum Gasteiger partial charge on any atom is -0.744 e. The summed E-state index contributed by atoms with van der Waals surface area (Å²) in [6, 6.07) is 5.27. The van der Waals surface area contributed by atoms with Gasteiger partial charge in [0.15, 0.2) is 0 Å². The fraction of sp³-hybridized carbons (Fsp3) is 0.619. The third-order valence-electron chi connectivity index (χ3n) is 4.48. The molecule has 1 N–H and O–H groups in total. The maximum absolute atomic E-state index is 11.9. The summed E-state index contributed by atoms with van der Waals surface area (Å²) in [4.78, 5) is 23.0. The van der Waals surface area contributed by atoms with E-state index < -0.39 is 21.0 Å². The van der Waals surface area contributed by atoms with Gasteiger partial charge in [-0.1, -0.05) is 57.6 Å². The van der Waals surface area contributed by atoms with Crippen LogP contribution in [0.3, 0.4) is 0 Å². The zero-order valence-electron chi connectivity index (χ0n) is 17.2. The highest BCUT2D eigenvalue weighted by Crippen LogP contribution is 2.23. The van der Waals surface area contributed by atoms with Gasteiger partial charge in [0, 0.05) is 19.4 Å². The predicted octanol–water partition coefficient (Wildman–Crippen LogP) is 3.92. The van der Waals surface area contributed by atoms with Crippen LogP contribution in [0.2, 0.25) is 0 Å². The van der Waals surface area contributed by atoms with E-state index in [0.29, 0.717) is 19.4 Å². The number of unbranched alkanes of at least 4 members (excludes halogenated alkanes) is 7. The highest BCUT2D eigenvalue weighted by Gasteiger charge is 2.13. The van der Waals surface area contributed by atoms with E-state index in [0.717, 1.165) is 31.7 Å². The average molecular weight is 427 g/mol. The molecule has 0 radical (unpaired) electrons. The van der Waals surface area contributed by atoms with Crippen LogP contribution in [0.1, 0.15) is 77.6 Å². The lowest BCUT2D eigenvalue weighted by molar-refractivity contribution is -0.134. The molecule has 0 aromatic heterocycles. The largest absolute Gasteiger partial charge is 0.744 e. The number of esters is 1. The summed E-state index contributed by atoms with van der Waals surface area (Å²) in [6.45, 7) is 2.75. The minimum absolute atomic E-state index is 0.0651. The molecule has 1 aromatic rings. The molecule has 0 fully saturated rings. The van der Waals surface area contributed by atoms with E-state index in [1.54, 1.807) is 0 Å². The molecule has 0 saturated carbocycles. The smallest absolute Gasteiger partial charge is 0.311 e. The number of hydrogen-bond acceptors (Lipinski definition) is 6. The number of carbonyl (C=O) groups excluding carboxylic acids is 2. The first-order valence-corrected chi connectivity index (χ1v) is 11.8. The molecule has 0 atom stereocenters. The Kier molecular flexibility index (Phi) is 12.2. The van der Waals surface area contributed by atoms with Gasteiger partial charge in [-0.05, 0) is 31.4 Å². The Labute approximate surface area is 174 Å². The summed E-state index contributed by atoms with van der Waals surface area (Å²) in [5.41, 5.74) is 0. The van der Waals surface area contributed by atoms with Gasteiger partial charge in [0.1, 0.15) is 15.9 Å². The first kappa shape index (κ1) is 25.1. The van der Waals surface area contributed by atoms with Gasteiger partial charge in [-0.2, -0.15) is 0 Å². The number of rotatable bonds is 15. The van der Waals surface area contributed by atoms with Crippen LogP contribution in [0.4, 0.5) is 0 Å². The fourth-order valence-electron chi connectivity index (χ4n) is 2.87. The number of para-hydroxylation sites is 1. The molecule has 1 aromatic carbocycles. The Morgan fingerprint density at radius 1 is 0.931 bits per heavy atom. The maximum atomic E-state index is 11.9. The quantitative estimate of drug-likeness (QED) is 0.197. The maximum Gasteiger partial charge on any atom is 0.311 e. The van der Waals surface area contributed by atoms with Gasteiger partial charge in [0.25, 0.3) is 0 Å². The average Bonchev–Trinajstić information content (AvgIpc) is 2.67. The van der Waals surface area contributed by atoms with Crippen molar-refractivity contribution in [2.24, 2.45) is 0 Å². The fourth-order valence-corrected chi connectivity index (χ4v) is 3.47. The van der Waals surface area contributed by atoms with E-state index in [-0.39, 0.29) is 18.1 Å². The molecule has 29 heavy (non-hydrogen) atoms. The molecular weight excluding hydrogens is 394 g/mol. The zero-order valence-corrected chi connectivity index (χ0v) is 18.0. The highest BCUT2D eigenvalue weighted by molar-refractivity contribution is 7.85. The van der Waals surface area contributed by atoms with Crippen LogP contribution in [0.5, 0.6) is 5.75 Å². The second-order valence-corrected chi connectivity index (χ2v) is 8.40. The minimum atomic E-state index is -4.70. The van der Waals surface area contributed by atoms with Gasteiger partial charge in [-0.15, -0.1) is 0 Å². The summed E-state index contributed by atoms with van der Waals surface area (Å²) >= 11 is 0. The van der Waals surface area contributed by atoms with E-state index in [9.17, 15) is 22.6 Å². The molecule has 0 aliphatic rings. The lowest BCUT2D eigenvalue weighted by atomic mass is 10.1. The number of hydrogen-bond donors (Lipinski definition) is 1. The molecule has 7 nitrogen and oxygen atoms in total. The van der Waals surface area contributed by atoms with Gasteiger partial charge in [0.2, 0.25) is 5.91 Å². The topological polar surface area (TPSA) is 113 Å². The third-order valence-corrected chi connectivity index (χ3v) is 5.36. The number of ether oxygens (including phenoxy) is 1.